The number of hydrogen-bond donors (Lipinski definition) is 1. The third-order valence-electron chi connectivity index (χ3n) is 5.82. The Morgan fingerprint density at radius 2 is 1.90 bits per heavy atom. The number of nitrogens with one attached hydrogen (secondary N) is 1. The number of amides is 2. The van der Waals surface area contributed by atoms with Gasteiger partial charge < -0.3 is 15.0 Å². The van der Waals surface area contributed by atoms with Crippen molar-refractivity contribution in [1.82, 2.24) is 10.2 Å². The monoisotopic (exact) mass is 410 g/mol. The van der Waals surface area contributed by atoms with Crippen molar-refractivity contribution in [2.75, 3.05) is 19.7 Å². The van der Waals surface area contributed by atoms with Crippen LogP contribution >= 0.6 is 0 Å². The van der Waals surface area contributed by atoms with E-state index < -0.39 is 5.60 Å². The Bertz CT molecular complexity index is 926. The van der Waals surface area contributed by atoms with Crippen molar-refractivity contribution in [1.29, 1.82) is 0 Å². The molecule has 1 saturated carbocycles. The molecule has 0 spiro atoms. The van der Waals surface area contributed by atoms with E-state index in [4.69, 9.17) is 4.74 Å². The Morgan fingerprint density at radius 1 is 1.17 bits per heavy atom. The lowest BCUT2D eigenvalue weighted by molar-refractivity contribution is -0.166. The SMILES string of the molecule is CCC(=O)N1CCO[C@](Cc2ccccc2-c2ccc(F)cc2)(C(=O)NC2CC2)C1. The van der Waals surface area contributed by atoms with Crippen LogP contribution in [0.5, 0.6) is 0 Å². The van der Waals surface area contributed by atoms with Crippen molar-refractivity contribution in [2.45, 2.75) is 44.2 Å². The summed E-state index contributed by atoms with van der Waals surface area (Å²) in [4.78, 5) is 27.4. The molecule has 30 heavy (non-hydrogen) atoms. The average molecular weight is 410 g/mol. The van der Waals surface area contributed by atoms with Crippen molar-refractivity contribution in [2.24, 2.45) is 0 Å². The minimum absolute atomic E-state index is 0.0220. The average Bonchev–Trinajstić information content (AvgIpc) is 3.58. The Kier molecular flexibility index (Phi) is 5.86. The molecule has 0 radical (unpaired) electrons. The molecule has 0 aromatic heterocycles. The number of benzene rings is 2. The molecule has 1 N–H and O–H groups in total. The lowest BCUT2D eigenvalue weighted by atomic mass is 9.87. The lowest BCUT2D eigenvalue weighted by Gasteiger charge is -2.42. The van der Waals surface area contributed by atoms with Gasteiger partial charge in [-0.3, -0.25) is 9.59 Å². The van der Waals surface area contributed by atoms with E-state index in [0.717, 1.165) is 29.5 Å². The van der Waals surface area contributed by atoms with Gasteiger partial charge in [-0.2, -0.15) is 0 Å². The second kappa shape index (κ2) is 8.56. The highest BCUT2D eigenvalue weighted by molar-refractivity contribution is 5.88. The van der Waals surface area contributed by atoms with Gasteiger partial charge >= 0.3 is 0 Å². The van der Waals surface area contributed by atoms with Crippen molar-refractivity contribution in [3.63, 3.8) is 0 Å². The van der Waals surface area contributed by atoms with Crippen LogP contribution in [0.15, 0.2) is 48.5 Å². The molecule has 1 saturated heterocycles. The van der Waals surface area contributed by atoms with Crippen LogP contribution in [0.1, 0.15) is 31.7 Å². The van der Waals surface area contributed by atoms with Crippen molar-refractivity contribution in [3.05, 3.63) is 59.9 Å². The van der Waals surface area contributed by atoms with Gasteiger partial charge in [0.2, 0.25) is 5.91 Å². The minimum atomic E-state index is -1.14. The number of hydrogen-bond acceptors (Lipinski definition) is 3. The molecule has 0 unspecified atom stereocenters. The quantitative estimate of drug-likeness (QED) is 0.795. The molecule has 2 fully saturated rings. The summed E-state index contributed by atoms with van der Waals surface area (Å²) < 4.78 is 19.5. The van der Waals surface area contributed by atoms with E-state index in [0.29, 0.717) is 26.0 Å². The molecular formula is C24H27FN2O3. The van der Waals surface area contributed by atoms with Crippen LogP contribution in [0, 0.1) is 5.82 Å². The zero-order valence-corrected chi connectivity index (χ0v) is 17.2. The molecule has 6 heteroatoms. The Morgan fingerprint density at radius 3 is 2.60 bits per heavy atom. The predicted octanol–water partition coefficient (Wildman–Crippen LogP) is 3.32. The molecule has 1 aliphatic heterocycles. The molecule has 2 aliphatic rings. The van der Waals surface area contributed by atoms with E-state index in [1.54, 1.807) is 17.0 Å². The molecule has 2 aromatic rings. The summed E-state index contributed by atoms with van der Waals surface area (Å²) >= 11 is 0. The van der Waals surface area contributed by atoms with Gasteiger partial charge in [0.25, 0.3) is 5.91 Å². The largest absolute Gasteiger partial charge is 0.361 e. The van der Waals surface area contributed by atoms with Gasteiger partial charge in [-0.15, -0.1) is 0 Å². The van der Waals surface area contributed by atoms with Crippen LogP contribution in [-0.2, 0) is 20.7 Å². The van der Waals surface area contributed by atoms with E-state index in [1.165, 1.54) is 12.1 Å². The summed E-state index contributed by atoms with van der Waals surface area (Å²) in [5, 5.41) is 3.08. The van der Waals surface area contributed by atoms with Gasteiger partial charge in [-0.25, -0.2) is 4.39 Å². The van der Waals surface area contributed by atoms with Gasteiger partial charge in [0, 0.05) is 25.4 Å². The highest BCUT2D eigenvalue weighted by Crippen LogP contribution is 2.32. The second-order valence-electron chi connectivity index (χ2n) is 8.10. The molecule has 5 nitrogen and oxygen atoms in total. The zero-order chi connectivity index (χ0) is 21.1. The summed E-state index contributed by atoms with van der Waals surface area (Å²) in [6.07, 6.45) is 2.69. The number of ether oxygens (including phenoxy) is 1. The van der Waals surface area contributed by atoms with E-state index in [1.807, 2.05) is 31.2 Å². The fraction of sp³-hybridized carbons (Fsp3) is 0.417. The minimum Gasteiger partial charge on any atom is -0.361 e. The number of carbonyl (C=O) groups excluding carboxylic acids is 2. The third kappa shape index (κ3) is 4.38. The third-order valence-corrected chi connectivity index (χ3v) is 5.82. The lowest BCUT2D eigenvalue weighted by Crippen LogP contribution is -2.62. The number of nitrogens with zero attached hydrogens (tertiary/aromatic N) is 1. The molecule has 0 bridgehead atoms. The van der Waals surface area contributed by atoms with Gasteiger partial charge in [-0.1, -0.05) is 43.3 Å². The van der Waals surface area contributed by atoms with Gasteiger partial charge in [0.15, 0.2) is 5.60 Å². The Balaban J connectivity index is 1.68. The summed E-state index contributed by atoms with van der Waals surface area (Å²) in [5.74, 6) is -0.429. The Labute approximate surface area is 176 Å². The van der Waals surface area contributed by atoms with Crippen molar-refractivity contribution < 1.29 is 18.7 Å². The molecule has 158 valence electrons. The summed E-state index contributed by atoms with van der Waals surface area (Å²) in [6, 6.07) is 14.3. The van der Waals surface area contributed by atoms with Crippen LogP contribution in [0.2, 0.25) is 0 Å². The van der Waals surface area contributed by atoms with Crippen molar-refractivity contribution in [3.8, 4) is 11.1 Å². The van der Waals surface area contributed by atoms with E-state index in [-0.39, 0.29) is 30.2 Å². The van der Waals surface area contributed by atoms with E-state index >= 15 is 0 Å². The first-order chi connectivity index (χ1) is 14.5. The normalized spacial score (nSPS) is 21.3. The van der Waals surface area contributed by atoms with Crippen molar-refractivity contribution >= 4 is 11.8 Å². The Hall–Kier alpha value is -2.73. The fourth-order valence-electron chi connectivity index (χ4n) is 3.98. The van der Waals surface area contributed by atoms with E-state index in [2.05, 4.69) is 5.32 Å². The molecular weight excluding hydrogens is 383 g/mol. The van der Waals surface area contributed by atoms with Crippen LogP contribution in [0.4, 0.5) is 4.39 Å². The summed E-state index contributed by atoms with van der Waals surface area (Å²) in [6.45, 7) is 2.87. The fourth-order valence-corrected chi connectivity index (χ4v) is 3.98. The smallest absolute Gasteiger partial charge is 0.254 e. The first kappa shape index (κ1) is 20.5. The van der Waals surface area contributed by atoms with E-state index in [9.17, 15) is 14.0 Å². The highest BCUT2D eigenvalue weighted by atomic mass is 19.1. The molecule has 2 amide bonds. The second-order valence-corrected chi connectivity index (χ2v) is 8.10. The first-order valence-electron chi connectivity index (χ1n) is 10.6. The topological polar surface area (TPSA) is 58.6 Å². The maximum Gasteiger partial charge on any atom is 0.254 e. The summed E-state index contributed by atoms with van der Waals surface area (Å²) in [7, 11) is 0. The number of carbonyl (C=O) groups is 2. The standard InChI is InChI=1S/C24H27FN2O3/c1-2-22(28)27-13-14-30-24(16-27,23(29)26-20-11-12-20)15-18-5-3-4-6-21(18)17-7-9-19(25)10-8-17/h3-10,20H,2,11-16H2,1H3,(H,26,29)/t24-/m0/s1. The zero-order valence-electron chi connectivity index (χ0n) is 17.2. The molecule has 4 rings (SSSR count). The number of halogens is 1. The van der Waals surface area contributed by atoms with Crippen LogP contribution in [0.25, 0.3) is 11.1 Å². The van der Waals surface area contributed by atoms with Gasteiger partial charge in [0.05, 0.1) is 13.2 Å². The van der Waals surface area contributed by atoms with Gasteiger partial charge in [0.1, 0.15) is 5.82 Å². The molecule has 1 aliphatic carbocycles. The van der Waals surface area contributed by atoms with Crippen LogP contribution in [-0.4, -0.2) is 48.1 Å². The first-order valence-corrected chi connectivity index (χ1v) is 10.6. The maximum absolute atomic E-state index is 13.4. The van der Waals surface area contributed by atoms with Crippen LogP contribution in [0.3, 0.4) is 0 Å². The number of morpholine rings is 1. The molecule has 1 atom stereocenters. The predicted molar refractivity (Wildman–Crippen MR) is 112 cm³/mol. The highest BCUT2D eigenvalue weighted by Gasteiger charge is 2.46. The van der Waals surface area contributed by atoms with Crippen LogP contribution < -0.4 is 5.32 Å². The van der Waals surface area contributed by atoms with Gasteiger partial charge in [-0.05, 0) is 41.7 Å². The number of rotatable bonds is 6. The molecule has 2 aromatic carbocycles. The molecule has 1 heterocycles. The summed E-state index contributed by atoms with van der Waals surface area (Å²) in [5.41, 5.74) is 1.60. The maximum atomic E-state index is 13.4.